The smallest absolute Gasteiger partial charge is 0.270 e. The molecule has 1 aromatic heterocycles. The molecule has 2 rings (SSSR count). The highest BCUT2D eigenvalue weighted by molar-refractivity contribution is 5.92. The number of hydrogen-bond donors (Lipinski definition) is 3. The van der Waals surface area contributed by atoms with Gasteiger partial charge in [0.15, 0.2) is 0 Å². The fourth-order valence-corrected chi connectivity index (χ4v) is 2.60. The number of aromatic nitrogens is 2. The van der Waals surface area contributed by atoms with Gasteiger partial charge in [0.1, 0.15) is 5.69 Å². The van der Waals surface area contributed by atoms with Gasteiger partial charge in [0, 0.05) is 19.4 Å². The zero-order valence-corrected chi connectivity index (χ0v) is 13.7. The molecule has 0 aromatic carbocycles. The summed E-state index contributed by atoms with van der Waals surface area (Å²) in [6.45, 7) is 5.22. The molecule has 0 fully saturated rings. The molecule has 22 heavy (non-hydrogen) atoms. The summed E-state index contributed by atoms with van der Waals surface area (Å²) in [7, 11) is 1.78. The van der Waals surface area contributed by atoms with Crippen molar-refractivity contribution in [2.45, 2.75) is 45.6 Å². The molecule has 1 aliphatic rings. The van der Waals surface area contributed by atoms with Crippen LogP contribution in [0.25, 0.3) is 0 Å². The number of nitrogens with zero attached hydrogens (tertiary/aromatic N) is 2. The molecule has 1 amide bonds. The molecule has 2 heterocycles. The number of aryl methyl sites for hydroxylation is 1. The van der Waals surface area contributed by atoms with Crippen molar-refractivity contribution in [3.05, 3.63) is 29.9 Å². The van der Waals surface area contributed by atoms with Gasteiger partial charge in [-0.1, -0.05) is 33.1 Å². The van der Waals surface area contributed by atoms with Crippen LogP contribution in [0.5, 0.6) is 0 Å². The first-order valence-corrected chi connectivity index (χ1v) is 8.08. The molecule has 0 radical (unpaired) electrons. The van der Waals surface area contributed by atoms with Crippen molar-refractivity contribution in [2.24, 2.45) is 13.0 Å². The van der Waals surface area contributed by atoms with Gasteiger partial charge in [-0.05, 0) is 18.4 Å². The summed E-state index contributed by atoms with van der Waals surface area (Å²) in [6.07, 6.45) is 8.03. The topological polar surface area (TPSA) is 71.0 Å². The first kappa shape index (κ1) is 16.4. The standard InChI is InChI=1S/C16H27N5O/c1-4-12(2)6-5-7-13(14-10-17-11-18-14)20-16(22)15-8-9-19-21(15)3/h8-10,12-13,17-18H,4-7,11H2,1-3H3,(H,20,22). The lowest BCUT2D eigenvalue weighted by Gasteiger charge is -2.21. The van der Waals surface area contributed by atoms with E-state index in [1.54, 1.807) is 24.0 Å². The minimum atomic E-state index is -0.0804. The van der Waals surface area contributed by atoms with Crippen molar-refractivity contribution in [3.63, 3.8) is 0 Å². The summed E-state index contributed by atoms with van der Waals surface area (Å²) in [6, 6.07) is 1.75. The van der Waals surface area contributed by atoms with Crippen LogP contribution in [0.2, 0.25) is 0 Å². The Morgan fingerprint density at radius 2 is 2.32 bits per heavy atom. The molecule has 0 bridgehead atoms. The van der Waals surface area contributed by atoms with Crippen LogP contribution >= 0.6 is 0 Å². The molecule has 6 heteroatoms. The largest absolute Gasteiger partial charge is 0.372 e. The van der Waals surface area contributed by atoms with Crippen LogP contribution < -0.4 is 16.0 Å². The molecule has 0 aliphatic carbocycles. The molecule has 122 valence electrons. The van der Waals surface area contributed by atoms with Crippen LogP contribution in [0.3, 0.4) is 0 Å². The van der Waals surface area contributed by atoms with Crippen molar-refractivity contribution in [2.75, 3.05) is 6.67 Å². The van der Waals surface area contributed by atoms with E-state index in [4.69, 9.17) is 0 Å². The predicted molar refractivity (Wildman–Crippen MR) is 87.0 cm³/mol. The van der Waals surface area contributed by atoms with Gasteiger partial charge in [-0.2, -0.15) is 5.10 Å². The normalized spacial score (nSPS) is 16.4. The molecule has 6 nitrogen and oxygen atoms in total. The molecule has 1 aliphatic heterocycles. The number of carbonyl (C=O) groups is 1. The Kier molecular flexibility index (Phi) is 5.86. The lowest BCUT2D eigenvalue weighted by Crippen LogP contribution is -2.40. The second-order valence-corrected chi connectivity index (χ2v) is 5.97. The van der Waals surface area contributed by atoms with Crippen LogP contribution in [0.1, 0.15) is 50.0 Å². The van der Waals surface area contributed by atoms with Crippen LogP contribution in [-0.4, -0.2) is 28.4 Å². The van der Waals surface area contributed by atoms with Crippen molar-refractivity contribution in [1.82, 2.24) is 25.7 Å². The summed E-state index contributed by atoms with van der Waals surface area (Å²) in [5.41, 5.74) is 1.64. The molecule has 0 saturated heterocycles. The summed E-state index contributed by atoms with van der Waals surface area (Å²) in [5, 5.41) is 13.6. The minimum absolute atomic E-state index is 0.0152. The zero-order chi connectivity index (χ0) is 15.9. The fraction of sp³-hybridized carbons (Fsp3) is 0.625. The highest BCUT2D eigenvalue weighted by Gasteiger charge is 2.21. The second kappa shape index (κ2) is 7.87. The van der Waals surface area contributed by atoms with E-state index in [1.807, 2.05) is 6.20 Å². The Bertz CT molecular complexity index is 522. The minimum Gasteiger partial charge on any atom is -0.372 e. The van der Waals surface area contributed by atoms with E-state index < -0.39 is 0 Å². The Labute approximate surface area is 132 Å². The van der Waals surface area contributed by atoms with E-state index >= 15 is 0 Å². The lowest BCUT2D eigenvalue weighted by molar-refractivity contribution is 0.0930. The van der Waals surface area contributed by atoms with Crippen molar-refractivity contribution < 1.29 is 4.79 Å². The van der Waals surface area contributed by atoms with Gasteiger partial charge in [0.2, 0.25) is 0 Å². The molecular formula is C16H27N5O. The third kappa shape index (κ3) is 4.26. The second-order valence-electron chi connectivity index (χ2n) is 5.97. The van der Waals surface area contributed by atoms with Crippen molar-refractivity contribution in [1.29, 1.82) is 0 Å². The van der Waals surface area contributed by atoms with Gasteiger partial charge in [-0.15, -0.1) is 0 Å². The number of amides is 1. The molecule has 3 N–H and O–H groups in total. The molecule has 1 aromatic rings. The number of nitrogens with one attached hydrogen (secondary N) is 3. The predicted octanol–water partition coefficient (Wildman–Crippen LogP) is 1.73. The molecule has 2 unspecified atom stereocenters. The highest BCUT2D eigenvalue weighted by atomic mass is 16.2. The van der Waals surface area contributed by atoms with Crippen LogP contribution in [-0.2, 0) is 7.05 Å². The molecule has 0 saturated carbocycles. The van der Waals surface area contributed by atoms with Crippen molar-refractivity contribution >= 4 is 5.91 Å². The fourth-order valence-electron chi connectivity index (χ4n) is 2.60. The third-order valence-corrected chi connectivity index (χ3v) is 4.27. The van der Waals surface area contributed by atoms with Crippen molar-refractivity contribution in [3.8, 4) is 0 Å². The number of rotatable bonds is 8. The van der Waals surface area contributed by atoms with Gasteiger partial charge >= 0.3 is 0 Å². The maximum absolute atomic E-state index is 12.4. The highest BCUT2D eigenvalue weighted by Crippen LogP contribution is 2.16. The Morgan fingerprint density at radius 3 is 2.91 bits per heavy atom. The summed E-state index contributed by atoms with van der Waals surface area (Å²) >= 11 is 0. The van der Waals surface area contributed by atoms with E-state index in [2.05, 4.69) is 34.9 Å². The summed E-state index contributed by atoms with van der Waals surface area (Å²) < 4.78 is 1.60. The maximum Gasteiger partial charge on any atom is 0.270 e. The number of carbonyl (C=O) groups excluding carboxylic acids is 1. The summed E-state index contributed by atoms with van der Waals surface area (Å²) in [5.74, 6) is 0.653. The molecule has 0 spiro atoms. The Hall–Kier alpha value is -1.98. The summed E-state index contributed by atoms with van der Waals surface area (Å²) in [4.78, 5) is 12.4. The molecular weight excluding hydrogens is 278 g/mol. The number of hydrogen-bond acceptors (Lipinski definition) is 4. The Morgan fingerprint density at radius 1 is 1.50 bits per heavy atom. The maximum atomic E-state index is 12.4. The Balaban J connectivity index is 1.95. The van der Waals surface area contributed by atoms with Crippen LogP contribution in [0.4, 0.5) is 0 Å². The van der Waals surface area contributed by atoms with Gasteiger partial charge in [0.25, 0.3) is 5.91 Å². The van der Waals surface area contributed by atoms with Crippen LogP contribution in [0.15, 0.2) is 24.2 Å². The van der Waals surface area contributed by atoms with E-state index in [0.29, 0.717) is 5.69 Å². The van der Waals surface area contributed by atoms with Gasteiger partial charge in [-0.3, -0.25) is 9.48 Å². The first-order valence-electron chi connectivity index (χ1n) is 8.08. The van der Waals surface area contributed by atoms with E-state index in [0.717, 1.165) is 31.1 Å². The zero-order valence-electron chi connectivity index (χ0n) is 13.7. The SMILES string of the molecule is CCC(C)CCCC(NC(=O)c1ccnn1C)C1=CNCN1. The third-order valence-electron chi connectivity index (χ3n) is 4.27. The van der Waals surface area contributed by atoms with Gasteiger partial charge in [-0.25, -0.2) is 0 Å². The first-order chi connectivity index (χ1) is 10.6. The van der Waals surface area contributed by atoms with Gasteiger partial charge in [0.05, 0.1) is 18.4 Å². The quantitative estimate of drug-likeness (QED) is 0.684. The average molecular weight is 305 g/mol. The van der Waals surface area contributed by atoms with Crippen LogP contribution in [0, 0.1) is 5.92 Å². The monoisotopic (exact) mass is 305 g/mol. The average Bonchev–Trinajstić information content (AvgIpc) is 3.17. The van der Waals surface area contributed by atoms with Gasteiger partial charge < -0.3 is 16.0 Å². The van der Waals surface area contributed by atoms with E-state index in [9.17, 15) is 4.79 Å². The molecule has 2 atom stereocenters. The van der Waals surface area contributed by atoms with E-state index in [1.165, 1.54) is 12.8 Å². The lowest BCUT2D eigenvalue weighted by atomic mass is 9.98. The van der Waals surface area contributed by atoms with E-state index in [-0.39, 0.29) is 11.9 Å².